The van der Waals surface area contributed by atoms with Crippen molar-refractivity contribution in [1.82, 2.24) is 20.1 Å². The topological polar surface area (TPSA) is 73.9 Å². The third kappa shape index (κ3) is 4.27. The first-order valence-corrected chi connectivity index (χ1v) is 8.63. The van der Waals surface area contributed by atoms with E-state index in [9.17, 15) is 4.79 Å². The molecule has 26 heavy (non-hydrogen) atoms. The molecular formula is C20H23N5O. The highest BCUT2D eigenvalue weighted by Gasteiger charge is 2.07. The number of benzene rings is 2. The highest BCUT2D eigenvalue weighted by atomic mass is 16.2. The van der Waals surface area contributed by atoms with Crippen molar-refractivity contribution in [1.29, 1.82) is 0 Å². The van der Waals surface area contributed by atoms with Crippen LogP contribution in [0.5, 0.6) is 0 Å². The van der Waals surface area contributed by atoms with Crippen LogP contribution in [0.25, 0.3) is 11.4 Å². The molecule has 3 aromatic rings. The molecule has 2 N–H and O–H groups in total. The van der Waals surface area contributed by atoms with Gasteiger partial charge in [0.25, 0.3) is 0 Å². The number of aromatic nitrogens is 3. The van der Waals surface area contributed by atoms with E-state index in [0.29, 0.717) is 12.2 Å². The van der Waals surface area contributed by atoms with Crippen LogP contribution in [0.4, 0.5) is 11.4 Å². The van der Waals surface area contributed by atoms with Crippen molar-refractivity contribution in [2.75, 3.05) is 19.4 Å². The van der Waals surface area contributed by atoms with E-state index in [1.54, 1.807) is 19.0 Å². The molecule has 0 fully saturated rings. The Balaban J connectivity index is 1.71. The molecule has 134 valence electrons. The molecule has 6 nitrogen and oxygen atoms in total. The van der Waals surface area contributed by atoms with Gasteiger partial charge < -0.3 is 10.2 Å². The molecule has 0 saturated heterocycles. The maximum Gasteiger partial charge on any atom is 0.226 e. The van der Waals surface area contributed by atoms with Crippen molar-refractivity contribution in [2.45, 2.75) is 19.8 Å². The van der Waals surface area contributed by atoms with Gasteiger partial charge in [-0.2, -0.15) is 5.10 Å². The summed E-state index contributed by atoms with van der Waals surface area (Å²) in [5.41, 5.74) is 3.88. The number of nitrogens with zero attached hydrogens (tertiary/aromatic N) is 3. The van der Waals surface area contributed by atoms with Crippen LogP contribution in [0.15, 0.2) is 48.5 Å². The summed E-state index contributed by atoms with van der Waals surface area (Å²) in [6.45, 7) is 2.04. The first kappa shape index (κ1) is 17.7. The number of H-pyrrole nitrogens is 1. The van der Waals surface area contributed by atoms with Crippen molar-refractivity contribution < 1.29 is 4.79 Å². The largest absolute Gasteiger partial charge is 0.356 e. The molecule has 0 aliphatic heterocycles. The monoisotopic (exact) mass is 349 g/mol. The van der Waals surface area contributed by atoms with Gasteiger partial charge in [-0.3, -0.25) is 9.89 Å². The number of carbonyl (C=O) groups excluding carboxylic acids is 1. The fraction of sp³-hybridized carbons (Fsp3) is 0.250. The predicted molar refractivity (Wildman–Crippen MR) is 103 cm³/mol. The zero-order valence-corrected chi connectivity index (χ0v) is 15.3. The maximum absolute atomic E-state index is 11.8. The fourth-order valence-electron chi connectivity index (χ4n) is 2.52. The number of rotatable bonds is 6. The summed E-state index contributed by atoms with van der Waals surface area (Å²) in [5.74, 6) is 1.67. The Labute approximate surface area is 153 Å². The number of aryl methyl sites for hydroxylation is 1. The lowest BCUT2D eigenvalue weighted by molar-refractivity contribution is -0.127. The molecule has 0 spiro atoms. The van der Waals surface area contributed by atoms with Gasteiger partial charge in [-0.15, -0.1) is 0 Å². The van der Waals surface area contributed by atoms with Gasteiger partial charge in [0.1, 0.15) is 5.82 Å². The van der Waals surface area contributed by atoms with Gasteiger partial charge >= 0.3 is 0 Å². The molecule has 0 unspecified atom stereocenters. The number of amides is 1. The van der Waals surface area contributed by atoms with Gasteiger partial charge in [0, 0.05) is 37.5 Å². The Kier molecular flexibility index (Phi) is 5.31. The van der Waals surface area contributed by atoms with Crippen LogP contribution in [-0.2, 0) is 17.6 Å². The molecule has 0 saturated carbocycles. The van der Waals surface area contributed by atoms with Crippen LogP contribution in [0.3, 0.4) is 0 Å². The van der Waals surface area contributed by atoms with Crippen LogP contribution >= 0.6 is 0 Å². The average Bonchev–Trinajstić information content (AvgIpc) is 3.13. The summed E-state index contributed by atoms with van der Waals surface area (Å²) in [4.78, 5) is 17.9. The summed E-state index contributed by atoms with van der Waals surface area (Å²) in [6.07, 6.45) is 1.24. The Morgan fingerprint density at radius 1 is 1.12 bits per heavy atom. The van der Waals surface area contributed by atoms with Crippen LogP contribution in [0.1, 0.15) is 18.3 Å². The normalized spacial score (nSPS) is 10.6. The Morgan fingerprint density at radius 2 is 1.88 bits per heavy atom. The van der Waals surface area contributed by atoms with E-state index in [0.717, 1.165) is 34.7 Å². The van der Waals surface area contributed by atoms with Gasteiger partial charge in [-0.1, -0.05) is 31.2 Å². The van der Waals surface area contributed by atoms with Crippen LogP contribution in [0.2, 0.25) is 0 Å². The van der Waals surface area contributed by atoms with Crippen LogP contribution in [0, 0.1) is 0 Å². The zero-order valence-electron chi connectivity index (χ0n) is 15.3. The summed E-state index contributed by atoms with van der Waals surface area (Å²) < 4.78 is 0. The van der Waals surface area contributed by atoms with Gasteiger partial charge in [0.05, 0.1) is 6.42 Å². The number of nitrogens with one attached hydrogen (secondary N) is 2. The van der Waals surface area contributed by atoms with Crippen molar-refractivity contribution in [2.24, 2.45) is 0 Å². The lowest BCUT2D eigenvalue weighted by Crippen LogP contribution is -2.23. The zero-order chi connectivity index (χ0) is 18.5. The molecule has 3 rings (SSSR count). The fourth-order valence-corrected chi connectivity index (χ4v) is 2.52. The van der Waals surface area contributed by atoms with E-state index >= 15 is 0 Å². The molecule has 0 radical (unpaired) electrons. The average molecular weight is 349 g/mol. The van der Waals surface area contributed by atoms with Gasteiger partial charge in [-0.05, 0) is 29.8 Å². The molecule has 0 bridgehead atoms. The Bertz CT molecular complexity index is 883. The molecule has 1 aromatic heterocycles. The number of likely N-dealkylation sites (N-methyl/N-ethyl adjacent to an activating group) is 1. The third-order valence-electron chi connectivity index (χ3n) is 4.08. The molecule has 0 aliphatic carbocycles. The Hall–Kier alpha value is -3.15. The molecule has 1 heterocycles. The summed E-state index contributed by atoms with van der Waals surface area (Å²) >= 11 is 0. The first-order chi connectivity index (χ1) is 12.5. The van der Waals surface area contributed by atoms with E-state index in [1.807, 2.05) is 55.5 Å². The standard InChI is InChI=1S/C20H23N5O/c1-4-18-22-20(24-23-18)15-6-5-7-17(13-15)21-16-10-8-14(9-11-16)12-19(26)25(2)3/h5-11,13,21H,4,12H2,1-3H3,(H,22,23,24). The van der Waals surface area contributed by atoms with Crippen LogP contribution in [-0.4, -0.2) is 40.1 Å². The predicted octanol–water partition coefficient (Wildman–Crippen LogP) is 3.41. The number of hydrogen-bond donors (Lipinski definition) is 2. The quantitative estimate of drug-likeness (QED) is 0.715. The maximum atomic E-state index is 11.8. The van der Waals surface area contributed by atoms with E-state index in [1.165, 1.54) is 0 Å². The van der Waals surface area contributed by atoms with E-state index in [4.69, 9.17) is 0 Å². The second-order valence-electron chi connectivity index (χ2n) is 6.33. The molecule has 2 aromatic carbocycles. The second-order valence-corrected chi connectivity index (χ2v) is 6.33. The highest BCUT2D eigenvalue weighted by Crippen LogP contribution is 2.23. The highest BCUT2D eigenvalue weighted by molar-refractivity contribution is 5.78. The number of carbonyl (C=O) groups is 1. The van der Waals surface area contributed by atoms with Crippen molar-refractivity contribution >= 4 is 17.3 Å². The van der Waals surface area contributed by atoms with E-state index < -0.39 is 0 Å². The van der Waals surface area contributed by atoms with Crippen molar-refractivity contribution in [3.8, 4) is 11.4 Å². The van der Waals surface area contributed by atoms with Crippen molar-refractivity contribution in [3.63, 3.8) is 0 Å². The van der Waals surface area contributed by atoms with Crippen LogP contribution < -0.4 is 5.32 Å². The lowest BCUT2D eigenvalue weighted by atomic mass is 10.1. The first-order valence-electron chi connectivity index (χ1n) is 8.63. The third-order valence-corrected chi connectivity index (χ3v) is 4.08. The molecule has 6 heteroatoms. The minimum Gasteiger partial charge on any atom is -0.356 e. The number of aromatic amines is 1. The second kappa shape index (κ2) is 7.82. The SMILES string of the molecule is CCc1nc(-c2cccc(Nc3ccc(CC(=O)N(C)C)cc3)c2)n[nH]1. The lowest BCUT2D eigenvalue weighted by Gasteiger charge is -2.11. The van der Waals surface area contributed by atoms with Gasteiger partial charge in [-0.25, -0.2) is 4.98 Å². The van der Waals surface area contributed by atoms with Gasteiger partial charge in [0.15, 0.2) is 5.82 Å². The summed E-state index contributed by atoms with van der Waals surface area (Å²) in [5, 5.41) is 10.6. The van der Waals surface area contributed by atoms with Crippen molar-refractivity contribution in [3.05, 3.63) is 59.9 Å². The number of anilines is 2. The Morgan fingerprint density at radius 3 is 2.54 bits per heavy atom. The molecule has 1 amide bonds. The smallest absolute Gasteiger partial charge is 0.226 e. The summed E-state index contributed by atoms with van der Waals surface area (Å²) in [7, 11) is 3.53. The number of hydrogen-bond acceptors (Lipinski definition) is 4. The molecule has 0 atom stereocenters. The molecular weight excluding hydrogens is 326 g/mol. The minimum atomic E-state index is 0.0939. The minimum absolute atomic E-state index is 0.0939. The van der Waals surface area contributed by atoms with E-state index in [-0.39, 0.29) is 5.91 Å². The summed E-state index contributed by atoms with van der Waals surface area (Å²) in [6, 6.07) is 15.9. The van der Waals surface area contributed by atoms with Gasteiger partial charge in [0.2, 0.25) is 5.91 Å². The molecule has 0 aliphatic rings. The van der Waals surface area contributed by atoms with E-state index in [2.05, 4.69) is 20.5 Å².